The molecule has 3 amide bonds. The molecule has 2 fully saturated rings. The molecule has 3 rings (SSSR count). The van der Waals surface area contributed by atoms with Crippen molar-refractivity contribution < 1.29 is 19.1 Å². The molecule has 0 unspecified atom stereocenters. The molecule has 1 N–H and O–H groups in total. The number of nitrogens with one attached hydrogen (secondary N) is 1. The van der Waals surface area contributed by atoms with Gasteiger partial charge in [0.1, 0.15) is 5.41 Å². The Morgan fingerprint density at radius 1 is 1.07 bits per heavy atom. The highest BCUT2D eigenvalue weighted by atomic mass is 16.6. The predicted molar refractivity (Wildman–Crippen MR) is 99.9 cm³/mol. The number of amides is 3. The smallest absolute Gasteiger partial charge is 0.409 e. The van der Waals surface area contributed by atoms with Gasteiger partial charge in [0.2, 0.25) is 11.8 Å². The minimum absolute atomic E-state index is 0.117. The first-order valence-electron chi connectivity index (χ1n) is 9.52. The monoisotopic (exact) mass is 373 g/mol. The number of rotatable bonds is 5. The number of benzene rings is 1. The summed E-state index contributed by atoms with van der Waals surface area (Å²) in [6.07, 6.45) is 0.828. The summed E-state index contributed by atoms with van der Waals surface area (Å²) < 4.78 is 5.00. The van der Waals surface area contributed by atoms with E-state index in [1.165, 1.54) is 0 Å². The van der Waals surface area contributed by atoms with Gasteiger partial charge in [-0.25, -0.2) is 4.79 Å². The van der Waals surface area contributed by atoms with Crippen LogP contribution in [-0.4, -0.2) is 60.5 Å². The molecule has 0 aromatic heterocycles. The second-order valence-corrected chi connectivity index (χ2v) is 7.17. The summed E-state index contributed by atoms with van der Waals surface area (Å²) in [5.74, 6) is -0.308. The average Bonchev–Trinajstić information content (AvgIpc) is 3.49. The molecule has 1 saturated carbocycles. The summed E-state index contributed by atoms with van der Waals surface area (Å²) in [6.45, 7) is 6.28. The molecular weight excluding hydrogens is 346 g/mol. The van der Waals surface area contributed by atoms with Crippen LogP contribution in [-0.2, 0) is 20.9 Å². The Balaban J connectivity index is 1.54. The second kappa shape index (κ2) is 7.98. The van der Waals surface area contributed by atoms with E-state index in [1.807, 2.05) is 31.2 Å². The molecule has 1 heterocycles. The summed E-state index contributed by atoms with van der Waals surface area (Å²) in [4.78, 5) is 40.7. The number of hydrogen-bond donors (Lipinski definition) is 1. The van der Waals surface area contributed by atoms with Gasteiger partial charge in [-0.05, 0) is 37.8 Å². The van der Waals surface area contributed by atoms with Crippen molar-refractivity contribution in [3.8, 4) is 0 Å². The van der Waals surface area contributed by atoms with Crippen LogP contribution in [0.3, 0.4) is 0 Å². The maximum Gasteiger partial charge on any atom is 0.409 e. The lowest BCUT2D eigenvalue weighted by molar-refractivity contribution is -0.145. The van der Waals surface area contributed by atoms with Crippen LogP contribution in [0.5, 0.6) is 0 Å². The third kappa shape index (κ3) is 4.07. The second-order valence-electron chi connectivity index (χ2n) is 7.17. The van der Waals surface area contributed by atoms with Gasteiger partial charge in [0, 0.05) is 32.7 Å². The molecule has 0 spiro atoms. The maximum atomic E-state index is 12.9. The Bertz CT molecular complexity index is 722. The van der Waals surface area contributed by atoms with Crippen molar-refractivity contribution in [2.75, 3.05) is 32.8 Å². The van der Waals surface area contributed by atoms with E-state index >= 15 is 0 Å². The van der Waals surface area contributed by atoms with Gasteiger partial charge in [0.05, 0.1) is 6.61 Å². The molecule has 0 radical (unpaired) electrons. The predicted octanol–water partition coefficient (Wildman–Crippen LogP) is 1.69. The SMILES string of the molecule is CCOC(=O)N1CCN(C(=O)C2(C(=O)NCc3ccccc3C)CC2)CC1. The van der Waals surface area contributed by atoms with E-state index in [2.05, 4.69) is 5.32 Å². The van der Waals surface area contributed by atoms with Crippen molar-refractivity contribution in [1.29, 1.82) is 0 Å². The van der Waals surface area contributed by atoms with Gasteiger partial charge in [-0.2, -0.15) is 0 Å². The van der Waals surface area contributed by atoms with E-state index in [9.17, 15) is 14.4 Å². The molecule has 146 valence electrons. The third-order valence-corrected chi connectivity index (χ3v) is 5.39. The van der Waals surface area contributed by atoms with Crippen molar-refractivity contribution in [3.63, 3.8) is 0 Å². The molecule has 1 aromatic carbocycles. The molecule has 7 nitrogen and oxygen atoms in total. The van der Waals surface area contributed by atoms with Gasteiger partial charge >= 0.3 is 6.09 Å². The van der Waals surface area contributed by atoms with E-state index in [4.69, 9.17) is 4.74 Å². The quantitative estimate of drug-likeness (QED) is 0.797. The molecule has 1 aromatic rings. The number of aryl methyl sites for hydroxylation is 1. The van der Waals surface area contributed by atoms with Gasteiger partial charge in [-0.1, -0.05) is 24.3 Å². The van der Waals surface area contributed by atoms with Crippen molar-refractivity contribution in [1.82, 2.24) is 15.1 Å². The molecule has 0 atom stereocenters. The Hall–Kier alpha value is -2.57. The first-order valence-corrected chi connectivity index (χ1v) is 9.52. The number of carbonyl (C=O) groups excluding carboxylic acids is 3. The molecule has 7 heteroatoms. The van der Waals surface area contributed by atoms with E-state index < -0.39 is 5.41 Å². The Labute approximate surface area is 159 Å². The largest absolute Gasteiger partial charge is 0.450 e. The highest BCUT2D eigenvalue weighted by molar-refractivity contribution is 6.07. The zero-order valence-electron chi connectivity index (χ0n) is 16.0. The molecule has 1 saturated heterocycles. The molecule has 0 bridgehead atoms. The van der Waals surface area contributed by atoms with E-state index in [1.54, 1.807) is 16.7 Å². The van der Waals surface area contributed by atoms with Crippen molar-refractivity contribution in [3.05, 3.63) is 35.4 Å². The van der Waals surface area contributed by atoms with Crippen molar-refractivity contribution >= 4 is 17.9 Å². The van der Waals surface area contributed by atoms with E-state index in [-0.39, 0.29) is 17.9 Å². The Morgan fingerprint density at radius 2 is 1.70 bits per heavy atom. The highest BCUT2D eigenvalue weighted by Gasteiger charge is 2.58. The van der Waals surface area contributed by atoms with Crippen LogP contribution in [0.2, 0.25) is 0 Å². The van der Waals surface area contributed by atoms with Gasteiger partial charge < -0.3 is 19.9 Å². The Kier molecular flexibility index (Phi) is 5.68. The number of hydrogen-bond acceptors (Lipinski definition) is 4. The van der Waals surface area contributed by atoms with Crippen LogP contribution in [0.4, 0.5) is 4.79 Å². The molecule has 1 aliphatic carbocycles. The Morgan fingerprint density at radius 3 is 2.30 bits per heavy atom. The minimum atomic E-state index is -0.922. The van der Waals surface area contributed by atoms with Crippen molar-refractivity contribution in [2.45, 2.75) is 33.2 Å². The summed E-state index contributed by atoms with van der Waals surface area (Å²) in [7, 11) is 0. The van der Waals surface area contributed by atoms with Crippen LogP contribution in [0.25, 0.3) is 0 Å². The number of ether oxygens (including phenoxy) is 1. The topological polar surface area (TPSA) is 79.0 Å². The summed E-state index contributed by atoms with van der Waals surface area (Å²) >= 11 is 0. The van der Waals surface area contributed by atoms with Gasteiger partial charge in [0.15, 0.2) is 0 Å². The zero-order chi connectivity index (χ0) is 19.4. The fourth-order valence-corrected chi connectivity index (χ4v) is 3.43. The summed E-state index contributed by atoms with van der Waals surface area (Å²) in [5.41, 5.74) is 1.25. The lowest BCUT2D eigenvalue weighted by Gasteiger charge is -2.35. The fourth-order valence-electron chi connectivity index (χ4n) is 3.43. The number of carbonyl (C=O) groups is 3. The summed E-state index contributed by atoms with van der Waals surface area (Å²) in [6, 6.07) is 7.88. The molecule has 1 aliphatic heterocycles. The molecular formula is C20H27N3O4. The fraction of sp³-hybridized carbons (Fsp3) is 0.550. The normalized spacial score (nSPS) is 18.0. The highest BCUT2D eigenvalue weighted by Crippen LogP contribution is 2.47. The van der Waals surface area contributed by atoms with Gasteiger partial charge in [-0.3, -0.25) is 9.59 Å². The third-order valence-electron chi connectivity index (χ3n) is 5.39. The maximum absolute atomic E-state index is 12.9. The molecule has 27 heavy (non-hydrogen) atoms. The van der Waals surface area contributed by atoms with Gasteiger partial charge in [0.25, 0.3) is 0 Å². The average molecular weight is 373 g/mol. The van der Waals surface area contributed by atoms with Crippen LogP contribution in [0, 0.1) is 12.3 Å². The first kappa shape index (κ1) is 19.2. The van der Waals surface area contributed by atoms with Crippen molar-refractivity contribution in [2.24, 2.45) is 5.41 Å². The number of nitrogens with zero attached hydrogens (tertiary/aromatic N) is 2. The first-order chi connectivity index (χ1) is 13.0. The van der Waals surface area contributed by atoms with Gasteiger partial charge in [-0.15, -0.1) is 0 Å². The van der Waals surface area contributed by atoms with Crippen LogP contribution in [0.15, 0.2) is 24.3 Å². The van der Waals surface area contributed by atoms with E-state index in [0.29, 0.717) is 52.2 Å². The molecule has 2 aliphatic rings. The van der Waals surface area contributed by atoms with Crippen LogP contribution < -0.4 is 5.32 Å². The summed E-state index contributed by atoms with van der Waals surface area (Å²) in [5, 5.41) is 2.94. The number of piperazine rings is 1. The van der Waals surface area contributed by atoms with E-state index in [0.717, 1.165) is 11.1 Å². The van der Waals surface area contributed by atoms with Crippen LogP contribution >= 0.6 is 0 Å². The lowest BCUT2D eigenvalue weighted by Crippen LogP contribution is -2.54. The lowest BCUT2D eigenvalue weighted by atomic mass is 10.0. The minimum Gasteiger partial charge on any atom is -0.450 e. The zero-order valence-corrected chi connectivity index (χ0v) is 16.0. The standard InChI is InChI=1S/C20H27N3O4/c1-3-27-19(26)23-12-10-22(11-13-23)18(25)20(8-9-20)17(24)21-14-16-7-5-4-6-15(16)2/h4-7H,3,8-14H2,1-2H3,(H,21,24). The van der Waals surface area contributed by atoms with Crippen LogP contribution in [0.1, 0.15) is 30.9 Å².